The molecule has 120 valence electrons. The number of ether oxygens (including phenoxy) is 1. The molecule has 0 radical (unpaired) electrons. The fraction of sp³-hybridized carbons (Fsp3) is 0.444. The van der Waals surface area contributed by atoms with E-state index in [1.165, 1.54) is 5.56 Å². The topological polar surface area (TPSA) is 58.5 Å². The van der Waals surface area contributed by atoms with Gasteiger partial charge in [-0.05, 0) is 24.5 Å². The molecule has 1 saturated carbocycles. The fourth-order valence-corrected chi connectivity index (χ4v) is 3.32. The molecule has 1 aliphatic heterocycles. The van der Waals surface area contributed by atoms with Crippen LogP contribution in [0.1, 0.15) is 29.7 Å². The summed E-state index contributed by atoms with van der Waals surface area (Å²) >= 11 is 0. The van der Waals surface area contributed by atoms with Crippen molar-refractivity contribution < 1.29 is 9.84 Å². The molecule has 2 heterocycles. The van der Waals surface area contributed by atoms with Crippen LogP contribution in [-0.2, 0) is 13.0 Å². The van der Waals surface area contributed by atoms with Gasteiger partial charge in [0.1, 0.15) is 24.5 Å². The largest absolute Gasteiger partial charge is 0.487 e. The maximum atomic E-state index is 9.59. The zero-order valence-corrected chi connectivity index (χ0v) is 13.3. The van der Waals surface area contributed by atoms with Crippen molar-refractivity contribution in [1.82, 2.24) is 9.97 Å². The lowest BCUT2D eigenvalue weighted by Gasteiger charge is -2.25. The Morgan fingerprint density at radius 3 is 2.87 bits per heavy atom. The maximum absolute atomic E-state index is 9.59. The van der Waals surface area contributed by atoms with Crippen LogP contribution >= 0.6 is 0 Å². The first-order chi connectivity index (χ1) is 11.2. The molecule has 1 aromatic carbocycles. The lowest BCUT2D eigenvalue weighted by Crippen LogP contribution is -2.30. The molecule has 2 aromatic rings. The van der Waals surface area contributed by atoms with Gasteiger partial charge in [-0.2, -0.15) is 0 Å². The number of aliphatic hydroxyl groups is 1. The van der Waals surface area contributed by atoms with Crippen molar-refractivity contribution in [2.45, 2.75) is 25.9 Å². The first kappa shape index (κ1) is 14.5. The number of nitrogens with zero attached hydrogens (tertiary/aromatic N) is 3. The van der Waals surface area contributed by atoms with Crippen molar-refractivity contribution in [3.63, 3.8) is 0 Å². The molecule has 5 heteroatoms. The molecule has 5 nitrogen and oxygen atoms in total. The van der Waals surface area contributed by atoms with E-state index in [1.807, 2.05) is 18.2 Å². The molecule has 0 atom stereocenters. The average molecular weight is 311 g/mol. The second-order valence-corrected chi connectivity index (χ2v) is 6.71. The lowest BCUT2D eigenvalue weighted by molar-refractivity contribution is 0.215. The van der Waals surface area contributed by atoms with E-state index in [-0.39, 0.29) is 12.0 Å². The van der Waals surface area contributed by atoms with Gasteiger partial charge < -0.3 is 14.7 Å². The van der Waals surface area contributed by atoms with Gasteiger partial charge in [-0.15, -0.1) is 0 Å². The van der Waals surface area contributed by atoms with Gasteiger partial charge in [0.15, 0.2) is 0 Å². The number of hydrogen-bond acceptors (Lipinski definition) is 5. The second-order valence-electron chi connectivity index (χ2n) is 6.71. The van der Waals surface area contributed by atoms with Crippen LogP contribution in [0, 0.1) is 5.41 Å². The molecule has 2 aliphatic rings. The fourth-order valence-electron chi connectivity index (χ4n) is 3.32. The van der Waals surface area contributed by atoms with Gasteiger partial charge in [0, 0.05) is 31.0 Å². The molecule has 0 saturated heterocycles. The van der Waals surface area contributed by atoms with Gasteiger partial charge in [-0.1, -0.05) is 18.2 Å². The highest BCUT2D eigenvalue weighted by atomic mass is 16.5. The van der Waals surface area contributed by atoms with Crippen molar-refractivity contribution in [2.75, 3.05) is 25.1 Å². The summed E-state index contributed by atoms with van der Waals surface area (Å²) in [6, 6.07) is 8.12. The van der Waals surface area contributed by atoms with Crippen LogP contribution in [0.3, 0.4) is 0 Å². The van der Waals surface area contributed by atoms with Crippen LogP contribution in [0.15, 0.2) is 30.6 Å². The predicted octanol–water partition coefficient (Wildman–Crippen LogP) is 2.17. The summed E-state index contributed by atoms with van der Waals surface area (Å²) < 4.78 is 5.90. The van der Waals surface area contributed by atoms with E-state index in [2.05, 4.69) is 28.0 Å². The Morgan fingerprint density at radius 2 is 2.09 bits per heavy atom. The van der Waals surface area contributed by atoms with E-state index in [9.17, 15) is 5.11 Å². The summed E-state index contributed by atoms with van der Waals surface area (Å²) in [5, 5.41) is 9.59. The Morgan fingerprint density at radius 1 is 1.26 bits per heavy atom. The van der Waals surface area contributed by atoms with Crippen LogP contribution in [0.5, 0.6) is 5.75 Å². The second kappa shape index (κ2) is 5.49. The highest BCUT2D eigenvalue weighted by molar-refractivity contribution is 5.53. The number of para-hydroxylation sites is 1. The van der Waals surface area contributed by atoms with Gasteiger partial charge >= 0.3 is 0 Å². The van der Waals surface area contributed by atoms with Crippen LogP contribution < -0.4 is 9.64 Å². The summed E-state index contributed by atoms with van der Waals surface area (Å²) in [5.41, 5.74) is 3.31. The first-order valence-corrected chi connectivity index (χ1v) is 8.06. The minimum absolute atomic E-state index is 0.0612. The van der Waals surface area contributed by atoms with E-state index in [4.69, 9.17) is 4.74 Å². The predicted molar refractivity (Wildman–Crippen MR) is 87.6 cm³/mol. The van der Waals surface area contributed by atoms with Gasteiger partial charge in [-0.3, -0.25) is 0 Å². The van der Waals surface area contributed by atoms with Gasteiger partial charge in [0.25, 0.3) is 0 Å². The van der Waals surface area contributed by atoms with Crippen molar-refractivity contribution in [3.05, 3.63) is 47.4 Å². The molecule has 0 spiro atoms. The third kappa shape index (κ3) is 2.65. The minimum atomic E-state index is 0.0612. The SMILES string of the molecule is CN(CC1(CO)CC1)c1ncnc2c1Cc1ccccc1OC2. The number of fused-ring (bicyclic) bond motifs is 2. The van der Waals surface area contributed by atoms with Gasteiger partial charge in [-0.25, -0.2) is 9.97 Å². The molecular formula is C18H21N3O2. The quantitative estimate of drug-likeness (QED) is 0.938. The van der Waals surface area contributed by atoms with E-state index in [0.29, 0.717) is 6.61 Å². The third-order valence-electron chi connectivity index (χ3n) is 4.94. The number of rotatable bonds is 4. The van der Waals surface area contributed by atoms with E-state index in [0.717, 1.165) is 48.6 Å². The zero-order valence-electron chi connectivity index (χ0n) is 13.3. The molecule has 1 fully saturated rings. The molecule has 0 amide bonds. The van der Waals surface area contributed by atoms with Crippen LogP contribution in [0.4, 0.5) is 5.82 Å². The zero-order chi connectivity index (χ0) is 15.9. The Kier molecular flexibility index (Phi) is 3.45. The van der Waals surface area contributed by atoms with Crippen molar-refractivity contribution in [2.24, 2.45) is 5.41 Å². The third-order valence-corrected chi connectivity index (χ3v) is 4.94. The van der Waals surface area contributed by atoms with Crippen LogP contribution in [0.25, 0.3) is 0 Å². The highest BCUT2D eigenvalue weighted by Gasteiger charge is 2.43. The van der Waals surface area contributed by atoms with E-state index >= 15 is 0 Å². The van der Waals surface area contributed by atoms with Crippen molar-refractivity contribution in [3.8, 4) is 5.75 Å². The molecule has 23 heavy (non-hydrogen) atoms. The van der Waals surface area contributed by atoms with Crippen LogP contribution in [-0.4, -0.2) is 35.3 Å². The normalized spacial score (nSPS) is 17.5. The summed E-state index contributed by atoms with van der Waals surface area (Å²) in [6.45, 7) is 1.55. The Hall–Kier alpha value is -2.14. The molecule has 1 aliphatic carbocycles. The average Bonchev–Trinajstić information content (AvgIpc) is 3.36. The number of aliphatic hydroxyl groups excluding tert-OH is 1. The van der Waals surface area contributed by atoms with Crippen LogP contribution in [0.2, 0.25) is 0 Å². The highest BCUT2D eigenvalue weighted by Crippen LogP contribution is 2.46. The molecule has 1 aromatic heterocycles. The number of hydrogen-bond donors (Lipinski definition) is 1. The molecule has 0 unspecified atom stereocenters. The van der Waals surface area contributed by atoms with Crippen molar-refractivity contribution in [1.29, 1.82) is 0 Å². The van der Waals surface area contributed by atoms with E-state index < -0.39 is 0 Å². The Labute approximate surface area is 136 Å². The molecular weight excluding hydrogens is 290 g/mol. The smallest absolute Gasteiger partial charge is 0.135 e. The first-order valence-electron chi connectivity index (χ1n) is 8.06. The monoisotopic (exact) mass is 311 g/mol. The standard InChI is InChI=1S/C18H21N3O2/c1-21(10-18(11-22)6-7-18)17-14-8-13-4-2-3-5-16(13)23-9-15(14)19-12-20-17/h2-5,12,22H,6-11H2,1H3. The Bertz CT molecular complexity index is 728. The summed E-state index contributed by atoms with van der Waals surface area (Å²) in [6.07, 6.45) is 4.57. The number of benzene rings is 1. The minimum Gasteiger partial charge on any atom is -0.487 e. The summed E-state index contributed by atoms with van der Waals surface area (Å²) in [5.74, 6) is 1.88. The van der Waals surface area contributed by atoms with Gasteiger partial charge in [0.05, 0.1) is 12.3 Å². The lowest BCUT2D eigenvalue weighted by atomic mass is 10.0. The number of anilines is 1. The maximum Gasteiger partial charge on any atom is 0.135 e. The molecule has 4 rings (SSSR count). The van der Waals surface area contributed by atoms with E-state index in [1.54, 1.807) is 6.33 Å². The molecule has 0 bridgehead atoms. The molecule has 1 N–H and O–H groups in total. The summed E-state index contributed by atoms with van der Waals surface area (Å²) in [4.78, 5) is 11.1. The summed E-state index contributed by atoms with van der Waals surface area (Å²) in [7, 11) is 2.05. The number of aromatic nitrogens is 2. The Balaban J connectivity index is 1.68. The van der Waals surface area contributed by atoms with Crippen molar-refractivity contribution >= 4 is 5.82 Å². The van der Waals surface area contributed by atoms with Gasteiger partial charge in [0.2, 0.25) is 0 Å².